The number of halogens is 1. The number of alkyl halides is 1. The smallest absolute Gasteiger partial charge is 0.178 e. The first-order chi connectivity index (χ1) is 12.6. The van der Waals surface area contributed by atoms with Crippen LogP contribution in [0.2, 0.25) is 0 Å². The van der Waals surface area contributed by atoms with Crippen LogP contribution in [-0.4, -0.2) is 39.9 Å². The highest BCUT2D eigenvalue weighted by molar-refractivity contribution is 6.23. The predicted octanol–water partition coefficient (Wildman–Crippen LogP) is 2.91. The number of rotatable bonds is 2. The number of carbonyl (C=O) groups is 2. The molecule has 4 aliphatic carbocycles. The molecule has 0 saturated heterocycles. The fraction of sp³-hybridized carbons (Fsp3) is 0.727. The van der Waals surface area contributed by atoms with Crippen LogP contribution in [0.5, 0.6) is 0 Å². The number of hydrogen-bond donors (Lipinski definition) is 2. The molecule has 4 rings (SSSR count). The second-order valence-corrected chi connectivity index (χ2v) is 10.2. The van der Waals surface area contributed by atoms with Crippen LogP contribution < -0.4 is 0 Å². The topological polar surface area (TPSA) is 74.6 Å². The average molecular weight is 393 g/mol. The van der Waals surface area contributed by atoms with Gasteiger partial charge in [-0.1, -0.05) is 26.8 Å². The lowest BCUT2D eigenvalue weighted by Crippen LogP contribution is -2.58. The summed E-state index contributed by atoms with van der Waals surface area (Å²) >= 11 is 6.77. The minimum atomic E-state index is -0.564. The van der Waals surface area contributed by atoms with Gasteiger partial charge >= 0.3 is 0 Å². The Labute approximate surface area is 165 Å². The van der Waals surface area contributed by atoms with Gasteiger partial charge in [-0.3, -0.25) is 9.59 Å². The molecule has 148 valence electrons. The van der Waals surface area contributed by atoms with E-state index in [1.807, 2.05) is 6.08 Å². The molecule has 4 nitrogen and oxygen atoms in total. The van der Waals surface area contributed by atoms with E-state index in [4.69, 9.17) is 11.6 Å². The molecule has 0 bridgehead atoms. The zero-order valence-electron chi connectivity index (χ0n) is 16.2. The average Bonchev–Trinajstić information content (AvgIpc) is 2.85. The van der Waals surface area contributed by atoms with Gasteiger partial charge in [0.05, 0.1) is 11.5 Å². The highest BCUT2D eigenvalue weighted by Gasteiger charge is 2.65. The molecule has 0 amide bonds. The van der Waals surface area contributed by atoms with Crippen LogP contribution in [0.3, 0.4) is 0 Å². The lowest BCUT2D eigenvalue weighted by atomic mass is 9.46. The van der Waals surface area contributed by atoms with E-state index < -0.39 is 18.1 Å². The maximum absolute atomic E-state index is 12.5. The van der Waals surface area contributed by atoms with Crippen molar-refractivity contribution < 1.29 is 19.8 Å². The normalized spacial score (nSPS) is 51.3. The van der Waals surface area contributed by atoms with Crippen molar-refractivity contribution in [2.45, 2.75) is 51.5 Å². The van der Waals surface area contributed by atoms with E-state index in [0.717, 1.165) is 18.4 Å². The van der Waals surface area contributed by atoms with Crippen LogP contribution in [0.25, 0.3) is 0 Å². The van der Waals surface area contributed by atoms with Crippen molar-refractivity contribution in [1.29, 1.82) is 0 Å². The number of aliphatic hydroxyl groups is 2. The van der Waals surface area contributed by atoms with Crippen LogP contribution >= 0.6 is 11.6 Å². The summed E-state index contributed by atoms with van der Waals surface area (Å²) in [7, 11) is 0. The Morgan fingerprint density at radius 3 is 2.70 bits per heavy atom. The summed E-state index contributed by atoms with van der Waals surface area (Å²) in [6, 6.07) is 0. The third-order valence-electron chi connectivity index (χ3n) is 8.32. The fourth-order valence-electron chi connectivity index (χ4n) is 7.49. The van der Waals surface area contributed by atoms with E-state index in [9.17, 15) is 19.8 Å². The number of hydrogen-bond acceptors (Lipinski definition) is 4. The third-order valence-corrected chi connectivity index (χ3v) is 8.73. The quantitative estimate of drug-likeness (QED) is 0.708. The van der Waals surface area contributed by atoms with E-state index in [0.29, 0.717) is 6.42 Å². The van der Waals surface area contributed by atoms with Crippen molar-refractivity contribution in [1.82, 2.24) is 0 Å². The standard InChI is InChI=1S/C22H29ClO4/c1-11-6-14-13-8-16(23)15-7-12(25)4-5-21(15,2)20(13)17(26)9-22(14,3)19(11)18(27)10-24/h4-5,7,11,13-14,16-17,19-20,24,26H,6,8-10H2,1-3H3/t11?,13-,14-,16?,17?,19+,20+,21-,22-/m0/s1. The predicted molar refractivity (Wildman–Crippen MR) is 103 cm³/mol. The van der Waals surface area contributed by atoms with Crippen molar-refractivity contribution in [3.63, 3.8) is 0 Å². The molecule has 9 atom stereocenters. The molecule has 3 saturated carbocycles. The molecule has 3 unspecified atom stereocenters. The van der Waals surface area contributed by atoms with Crippen molar-refractivity contribution in [3.8, 4) is 0 Å². The van der Waals surface area contributed by atoms with Gasteiger partial charge in [0.15, 0.2) is 11.6 Å². The molecule has 4 aliphatic rings. The van der Waals surface area contributed by atoms with Gasteiger partial charge in [-0.15, -0.1) is 11.6 Å². The number of ketones is 2. The Bertz CT molecular complexity index is 743. The second-order valence-electron chi connectivity index (χ2n) is 9.71. The number of aliphatic hydroxyl groups excluding tert-OH is 2. The zero-order valence-corrected chi connectivity index (χ0v) is 16.9. The van der Waals surface area contributed by atoms with Gasteiger partial charge in [-0.2, -0.15) is 0 Å². The van der Waals surface area contributed by atoms with Gasteiger partial charge in [0.2, 0.25) is 0 Å². The van der Waals surface area contributed by atoms with E-state index in [-0.39, 0.29) is 51.9 Å². The summed E-state index contributed by atoms with van der Waals surface area (Å²) in [6.07, 6.45) is 6.83. The van der Waals surface area contributed by atoms with E-state index in [2.05, 4.69) is 20.8 Å². The van der Waals surface area contributed by atoms with E-state index in [1.54, 1.807) is 12.2 Å². The molecule has 0 spiro atoms. The van der Waals surface area contributed by atoms with Crippen LogP contribution in [0.1, 0.15) is 40.0 Å². The molecule has 27 heavy (non-hydrogen) atoms. The lowest BCUT2D eigenvalue weighted by molar-refractivity contribution is -0.142. The van der Waals surface area contributed by atoms with Gasteiger partial charge in [0.25, 0.3) is 0 Å². The summed E-state index contributed by atoms with van der Waals surface area (Å²) < 4.78 is 0. The maximum Gasteiger partial charge on any atom is 0.178 e. The van der Waals surface area contributed by atoms with Crippen LogP contribution in [0, 0.1) is 40.4 Å². The Morgan fingerprint density at radius 2 is 2.04 bits per heavy atom. The second kappa shape index (κ2) is 6.27. The third kappa shape index (κ3) is 2.56. The molecule has 5 heteroatoms. The minimum absolute atomic E-state index is 0.00338. The summed E-state index contributed by atoms with van der Waals surface area (Å²) in [5.41, 5.74) is 0.184. The summed E-state index contributed by atoms with van der Waals surface area (Å²) in [5.74, 6) is 0.303. The van der Waals surface area contributed by atoms with Gasteiger partial charge < -0.3 is 10.2 Å². The van der Waals surface area contributed by atoms with Gasteiger partial charge in [0, 0.05) is 17.3 Å². The number of allylic oxidation sites excluding steroid dienone is 4. The van der Waals surface area contributed by atoms with Crippen molar-refractivity contribution in [3.05, 3.63) is 23.8 Å². The van der Waals surface area contributed by atoms with Crippen LogP contribution in [0.15, 0.2) is 23.8 Å². The van der Waals surface area contributed by atoms with E-state index in [1.165, 1.54) is 0 Å². The monoisotopic (exact) mass is 392 g/mol. The van der Waals surface area contributed by atoms with Crippen molar-refractivity contribution in [2.75, 3.05) is 6.61 Å². The molecule has 3 fully saturated rings. The largest absolute Gasteiger partial charge is 0.393 e. The van der Waals surface area contributed by atoms with E-state index >= 15 is 0 Å². The Morgan fingerprint density at radius 1 is 1.33 bits per heavy atom. The van der Waals surface area contributed by atoms with Gasteiger partial charge in [0.1, 0.15) is 6.61 Å². The molecular weight excluding hydrogens is 364 g/mol. The van der Waals surface area contributed by atoms with Gasteiger partial charge in [-0.05, 0) is 60.2 Å². The Balaban J connectivity index is 1.77. The van der Waals surface area contributed by atoms with Crippen molar-refractivity contribution in [2.24, 2.45) is 40.4 Å². The Kier molecular flexibility index (Phi) is 4.49. The number of fused-ring (bicyclic) bond motifs is 5. The number of Topliss-reactive ketones (excluding diaryl/α,β-unsaturated/α-hetero) is 1. The summed E-state index contributed by atoms with van der Waals surface area (Å²) in [5, 5.41) is 20.5. The number of carbonyl (C=O) groups excluding carboxylic acids is 2. The first-order valence-electron chi connectivity index (χ1n) is 10.0. The molecule has 0 aromatic carbocycles. The van der Waals surface area contributed by atoms with Crippen molar-refractivity contribution >= 4 is 23.2 Å². The zero-order chi connectivity index (χ0) is 19.7. The lowest BCUT2D eigenvalue weighted by Gasteiger charge is -2.59. The molecule has 0 aromatic heterocycles. The molecule has 0 aromatic rings. The molecule has 0 heterocycles. The first-order valence-corrected chi connectivity index (χ1v) is 10.5. The molecule has 0 aliphatic heterocycles. The highest BCUT2D eigenvalue weighted by atomic mass is 35.5. The highest BCUT2D eigenvalue weighted by Crippen LogP contribution is 2.67. The fourth-order valence-corrected chi connectivity index (χ4v) is 7.99. The SMILES string of the molecule is CC1C[C@H]2[C@@H]3CC(Cl)C4=CC(=O)C=C[C@]4(C)[C@H]3C(O)C[C@]2(C)[C@H]1C(=O)CO. The molecule has 0 radical (unpaired) electrons. The maximum atomic E-state index is 12.5. The van der Waals surface area contributed by atoms with Crippen LogP contribution in [-0.2, 0) is 9.59 Å². The minimum Gasteiger partial charge on any atom is -0.393 e. The molecular formula is C22H29ClO4. The summed E-state index contributed by atoms with van der Waals surface area (Å²) in [6.45, 7) is 5.87. The molecule has 2 N–H and O–H groups in total. The van der Waals surface area contributed by atoms with Crippen LogP contribution in [0.4, 0.5) is 0 Å². The Hall–Kier alpha value is -0.970. The first kappa shape index (κ1) is 19.4. The van der Waals surface area contributed by atoms with Gasteiger partial charge in [-0.25, -0.2) is 0 Å². The summed E-state index contributed by atoms with van der Waals surface area (Å²) in [4.78, 5) is 24.5.